The Morgan fingerprint density at radius 3 is 1.43 bits per heavy atom. The average Bonchev–Trinajstić information content (AvgIpc) is 1.31. The number of hydrogen-bond donors (Lipinski definition) is 1. The fourth-order valence-electron chi connectivity index (χ4n) is 0. The van der Waals surface area contributed by atoms with Crippen LogP contribution in [0, 0.1) is 5.92 Å². The standard InChI is InChI=1S/C6H14O/c1-5(2)6(3,4)7/h5,7H,1-4H3/i6+1. The lowest BCUT2D eigenvalue weighted by molar-refractivity contribution is 0.0327. The Bertz CT molecular complexity index is 49.7. The Kier molecular flexibility index (Phi) is 1.82. The maximum Gasteiger partial charge on any atom is 0.0614 e. The summed E-state index contributed by atoms with van der Waals surface area (Å²) >= 11 is 0. The van der Waals surface area contributed by atoms with Gasteiger partial charge in [0.15, 0.2) is 0 Å². The van der Waals surface area contributed by atoms with Gasteiger partial charge in [-0.3, -0.25) is 0 Å². The molecule has 0 heterocycles. The molecule has 0 unspecified atom stereocenters. The molecule has 1 heteroatoms. The third kappa shape index (κ3) is 2.63. The van der Waals surface area contributed by atoms with Crippen molar-refractivity contribution >= 4 is 0 Å². The van der Waals surface area contributed by atoms with Crippen LogP contribution in [0.15, 0.2) is 0 Å². The summed E-state index contributed by atoms with van der Waals surface area (Å²) in [5.74, 6) is 0.354. The third-order valence-corrected chi connectivity index (χ3v) is 1.41. The molecule has 0 aliphatic heterocycles. The highest BCUT2D eigenvalue weighted by Gasteiger charge is 2.16. The summed E-state index contributed by atoms with van der Waals surface area (Å²) in [6.45, 7) is 7.63. The van der Waals surface area contributed by atoms with Crippen molar-refractivity contribution in [2.45, 2.75) is 33.3 Å². The van der Waals surface area contributed by atoms with Crippen LogP contribution in [0.25, 0.3) is 0 Å². The lowest BCUT2D eigenvalue weighted by Crippen LogP contribution is -2.25. The quantitative estimate of drug-likeness (QED) is 0.497. The van der Waals surface area contributed by atoms with Crippen LogP contribution in [-0.2, 0) is 0 Å². The van der Waals surface area contributed by atoms with Gasteiger partial charge in [-0.2, -0.15) is 0 Å². The fraction of sp³-hybridized carbons (Fsp3) is 1.00. The van der Waals surface area contributed by atoms with Crippen LogP contribution >= 0.6 is 0 Å². The highest BCUT2D eigenvalue weighted by molar-refractivity contribution is 4.67. The van der Waals surface area contributed by atoms with Gasteiger partial charge in [0, 0.05) is 0 Å². The van der Waals surface area contributed by atoms with E-state index in [9.17, 15) is 0 Å². The molecule has 7 heavy (non-hydrogen) atoms. The lowest BCUT2D eigenvalue weighted by Gasteiger charge is -2.21. The van der Waals surface area contributed by atoms with Crippen molar-refractivity contribution < 1.29 is 5.11 Å². The zero-order chi connectivity index (χ0) is 6.08. The second kappa shape index (κ2) is 1.83. The Labute approximate surface area is 45.4 Å². The molecule has 44 valence electrons. The van der Waals surface area contributed by atoms with Crippen molar-refractivity contribution in [2.75, 3.05) is 0 Å². The van der Waals surface area contributed by atoms with Gasteiger partial charge < -0.3 is 5.11 Å². The molecule has 0 fully saturated rings. The van der Waals surface area contributed by atoms with E-state index in [1.807, 2.05) is 27.7 Å². The van der Waals surface area contributed by atoms with Gasteiger partial charge in [0.25, 0.3) is 0 Å². The second-order valence-electron chi connectivity index (χ2n) is 2.81. The first kappa shape index (κ1) is 6.96. The molecule has 0 aromatic carbocycles. The van der Waals surface area contributed by atoms with Gasteiger partial charge in [0.05, 0.1) is 5.60 Å². The van der Waals surface area contributed by atoms with E-state index in [2.05, 4.69) is 0 Å². The summed E-state index contributed by atoms with van der Waals surface area (Å²) in [7, 11) is 0. The minimum absolute atomic E-state index is 0.354. The molecule has 0 aromatic rings. The molecule has 0 spiro atoms. The van der Waals surface area contributed by atoms with Gasteiger partial charge >= 0.3 is 0 Å². The van der Waals surface area contributed by atoms with E-state index in [0.717, 1.165) is 0 Å². The van der Waals surface area contributed by atoms with E-state index >= 15 is 0 Å². The topological polar surface area (TPSA) is 20.2 Å². The molecule has 1 nitrogen and oxygen atoms in total. The van der Waals surface area contributed by atoms with Crippen LogP contribution in [0.1, 0.15) is 27.7 Å². The molecule has 0 rings (SSSR count). The average molecular weight is 103 g/mol. The summed E-state index contributed by atoms with van der Waals surface area (Å²) < 4.78 is 0. The molecule has 0 amide bonds. The van der Waals surface area contributed by atoms with Crippen molar-refractivity contribution in [3.05, 3.63) is 0 Å². The minimum Gasteiger partial charge on any atom is -0.390 e. The van der Waals surface area contributed by atoms with Crippen LogP contribution in [0.5, 0.6) is 0 Å². The van der Waals surface area contributed by atoms with Crippen molar-refractivity contribution in [3.8, 4) is 0 Å². The first-order valence-electron chi connectivity index (χ1n) is 2.67. The first-order valence-corrected chi connectivity index (χ1v) is 2.67. The molecule has 1 N–H and O–H groups in total. The molecule has 0 saturated heterocycles. The molecule has 0 atom stereocenters. The van der Waals surface area contributed by atoms with Gasteiger partial charge in [-0.05, 0) is 19.8 Å². The minimum atomic E-state index is -0.500. The predicted octanol–water partition coefficient (Wildman–Crippen LogP) is 1.41. The van der Waals surface area contributed by atoms with Crippen molar-refractivity contribution in [1.29, 1.82) is 0 Å². The SMILES string of the molecule is CC(C)[13C](C)(C)O. The van der Waals surface area contributed by atoms with E-state index in [1.165, 1.54) is 0 Å². The summed E-state index contributed by atoms with van der Waals surface area (Å²) in [4.78, 5) is 0. The number of rotatable bonds is 1. The molecule has 0 bridgehead atoms. The van der Waals surface area contributed by atoms with E-state index < -0.39 is 5.60 Å². The maximum atomic E-state index is 9.09. The zero-order valence-electron chi connectivity index (χ0n) is 5.52. The maximum absolute atomic E-state index is 9.09. The van der Waals surface area contributed by atoms with Gasteiger partial charge in [0.1, 0.15) is 0 Å². The van der Waals surface area contributed by atoms with Crippen molar-refractivity contribution in [2.24, 2.45) is 5.92 Å². The normalized spacial score (nSPS) is 12.9. The second-order valence-corrected chi connectivity index (χ2v) is 2.81. The van der Waals surface area contributed by atoms with Gasteiger partial charge in [-0.25, -0.2) is 0 Å². The third-order valence-electron chi connectivity index (χ3n) is 1.41. The molecule has 0 aliphatic carbocycles. The first-order chi connectivity index (χ1) is 2.94. The highest BCUT2D eigenvalue weighted by Crippen LogP contribution is 2.12. The molecular formula is C6H14O. The zero-order valence-corrected chi connectivity index (χ0v) is 5.52. The van der Waals surface area contributed by atoms with Crippen molar-refractivity contribution in [3.63, 3.8) is 0 Å². The van der Waals surface area contributed by atoms with Crippen molar-refractivity contribution in [1.82, 2.24) is 0 Å². The number of aliphatic hydroxyl groups is 1. The van der Waals surface area contributed by atoms with E-state index in [0.29, 0.717) is 5.92 Å². The Balaban J connectivity index is 3.54. The van der Waals surface area contributed by atoms with Gasteiger partial charge in [-0.1, -0.05) is 13.8 Å². The van der Waals surface area contributed by atoms with Crippen LogP contribution in [0.3, 0.4) is 0 Å². The van der Waals surface area contributed by atoms with Gasteiger partial charge in [-0.15, -0.1) is 0 Å². The lowest BCUT2D eigenvalue weighted by atomic mass is 10.2. The monoisotopic (exact) mass is 103 g/mol. The summed E-state index contributed by atoms with van der Waals surface area (Å²) in [6, 6.07) is 0. The van der Waals surface area contributed by atoms with Gasteiger partial charge in [0.2, 0.25) is 0 Å². The summed E-state index contributed by atoms with van der Waals surface area (Å²) in [5, 5.41) is 9.09. The Hall–Kier alpha value is -0.0400. The smallest absolute Gasteiger partial charge is 0.0614 e. The Morgan fingerprint density at radius 2 is 1.43 bits per heavy atom. The molecule has 0 saturated carbocycles. The highest BCUT2D eigenvalue weighted by atomic mass is 16.4. The molecule has 0 aromatic heterocycles. The van der Waals surface area contributed by atoms with Crippen LogP contribution in [-0.4, -0.2) is 10.7 Å². The van der Waals surface area contributed by atoms with E-state index in [1.54, 1.807) is 0 Å². The predicted molar refractivity (Wildman–Crippen MR) is 31.1 cm³/mol. The molecular weight excluding hydrogens is 89.1 g/mol. The largest absolute Gasteiger partial charge is 0.390 e. The van der Waals surface area contributed by atoms with Crippen LogP contribution < -0.4 is 0 Å². The summed E-state index contributed by atoms with van der Waals surface area (Å²) in [5.41, 5.74) is -0.500. The van der Waals surface area contributed by atoms with Crippen LogP contribution in [0.2, 0.25) is 0 Å². The molecule has 0 radical (unpaired) electrons. The van der Waals surface area contributed by atoms with E-state index in [4.69, 9.17) is 5.11 Å². The number of hydrogen-bond acceptors (Lipinski definition) is 1. The summed E-state index contributed by atoms with van der Waals surface area (Å²) in [6.07, 6.45) is 0. The molecule has 0 aliphatic rings. The Morgan fingerprint density at radius 1 is 1.29 bits per heavy atom. The fourth-order valence-corrected chi connectivity index (χ4v) is 0. The van der Waals surface area contributed by atoms with E-state index in [-0.39, 0.29) is 0 Å². The van der Waals surface area contributed by atoms with Crippen LogP contribution in [0.4, 0.5) is 0 Å².